The van der Waals surface area contributed by atoms with Gasteiger partial charge in [0.1, 0.15) is 23.7 Å². The molecule has 4 N–H and O–H groups in total. The van der Waals surface area contributed by atoms with Gasteiger partial charge >= 0.3 is 0 Å². The second-order valence-corrected chi connectivity index (χ2v) is 10.8. The number of fused-ring (bicyclic) bond motifs is 2. The number of rotatable bonds is 3. The van der Waals surface area contributed by atoms with Crippen molar-refractivity contribution in [3.63, 3.8) is 0 Å². The van der Waals surface area contributed by atoms with Crippen molar-refractivity contribution < 1.29 is 24.2 Å². The van der Waals surface area contributed by atoms with Crippen molar-refractivity contribution in [3.8, 4) is 11.5 Å². The Morgan fingerprint density at radius 3 is 2.64 bits per heavy atom. The highest BCUT2D eigenvalue weighted by Crippen LogP contribution is 2.41. The van der Waals surface area contributed by atoms with E-state index in [-0.39, 0.29) is 24.9 Å². The van der Waals surface area contributed by atoms with Crippen LogP contribution in [0.25, 0.3) is 0 Å². The lowest BCUT2D eigenvalue weighted by molar-refractivity contribution is -0.131. The van der Waals surface area contributed by atoms with Crippen LogP contribution < -0.4 is 20.5 Å². The predicted molar refractivity (Wildman–Crippen MR) is 134 cm³/mol. The zero-order valence-electron chi connectivity index (χ0n) is 20.4. The van der Waals surface area contributed by atoms with Gasteiger partial charge in [0.15, 0.2) is 5.96 Å². The van der Waals surface area contributed by atoms with Crippen LogP contribution in [-0.2, 0) is 4.79 Å². The van der Waals surface area contributed by atoms with Crippen LogP contribution in [0.1, 0.15) is 67.2 Å². The molecule has 0 aliphatic carbocycles. The molecular formula is C26H29ClN4O5. The molecule has 3 heterocycles. The number of hydrogen-bond donors (Lipinski definition) is 3. The van der Waals surface area contributed by atoms with Crippen LogP contribution in [0.15, 0.2) is 41.4 Å². The summed E-state index contributed by atoms with van der Waals surface area (Å²) in [7, 11) is 0. The maximum Gasteiger partial charge on any atom is 0.251 e. The van der Waals surface area contributed by atoms with E-state index in [0.29, 0.717) is 46.2 Å². The molecule has 2 aromatic carbocycles. The molecule has 36 heavy (non-hydrogen) atoms. The van der Waals surface area contributed by atoms with Crippen molar-refractivity contribution in [3.05, 3.63) is 58.1 Å². The molecule has 5 rings (SSSR count). The zero-order chi connectivity index (χ0) is 25.8. The van der Waals surface area contributed by atoms with E-state index in [0.717, 1.165) is 0 Å². The molecule has 3 aliphatic rings. The number of benzene rings is 2. The summed E-state index contributed by atoms with van der Waals surface area (Å²) in [6.07, 6.45) is 0.752. The molecule has 2 amide bonds. The third kappa shape index (κ3) is 4.37. The van der Waals surface area contributed by atoms with E-state index in [9.17, 15) is 14.7 Å². The summed E-state index contributed by atoms with van der Waals surface area (Å²) in [5.41, 5.74) is 5.94. The number of ether oxygens (including phenoxy) is 2. The fourth-order valence-electron chi connectivity index (χ4n) is 5.07. The Morgan fingerprint density at radius 1 is 1.17 bits per heavy atom. The largest absolute Gasteiger partial charge is 0.493 e. The van der Waals surface area contributed by atoms with Gasteiger partial charge in [0, 0.05) is 28.1 Å². The minimum atomic E-state index is -1.36. The molecule has 0 unspecified atom stereocenters. The molecule has 0 aromatic heterocycles. The standard InChI is InChI=1S/C26H29ClN4O5/c1-25(2)12-21(32)31(24(28)30-25)18-8-9-35-19-6-4-14(10-16(18)19)23(33)29-22-17-11-15(27)5-7-20(17)36-13-26(22,3)34/h4-7,10-11,18,22,34H,8-9,12-13H2,1-3H3,(H2,28,30)(H,29,33)/t18-,22-,26-/m1/s1. The molecule has 10 heteroatoms. The molecule has 9 nitrogen and oxygen atoms in total. The van der Waals surface area contributed by atoms with E-state index in [2.05, 4.69) is 10.3 Å². The predicted octanol–water partition coefficient (Wildman–Crippen LogP) is 3.10. The van der Waals surface area contributed by atoms with Crippen LogP contribution in [0.3, 0.4) is 0 Å². The Bertz CT molecular complexity index is 1270. The van der Waals surface area contributed by atoms with E-state index < -0.39 is 29.1 Å². The van der Waals surface area contributed by atoms with Gasteiger partial charge in [-0.05, 0) is 57.2 Å². The van der Waals surface area contributed by atoms with Gasteiger partial charge in [-0.2, -0.15) is 0 Å². The van der Waals surface area contributed by atoms with Crippen molar-refractivity contribution in [2.75, 3.05) is 13.2 Å². The van der Waals surface area contributed by atoms with Gasteiger partial charge in [-0.3, -0.25) is 14.5 Å². The highest BCUT2D eigenvalue weighted by atomic mass is 35.5. The van der Waals surface area contributed by atoms with Gasteiger partial charge in [0.05, 0.1) is 30.7 Å². The molecular weight excluding hydrogens is 484 g/mol. The van der Waals surface area contributed by atoms with Gasteiger partial charge in [0.25, 0.3) is 5.91 Å². The van der Waals surface area contributed by atoms with Crippen LogP contribution in [0.2, 0.25) is 5.02 Å². The fourth-order valence-corrected chi connectivity index (χ4v) is 5.25. The van der Waals surface area contributed by atoms with Crippen LogP contribution >= 0.6 is 11.6 Å². The van der Waals surface area contributed by atoms with Gasteiger partial charge in [-0.15, -0.1) is 0 Å². The highest BCUT2D eigenvalue weighted by Gasteiger charge is 2.42. The molecule has 0 spiro atoms. The van der Waals surface area contributed by atoms with E-state index >= 15 is 0 Å². The van der Waals surface area contributed by atoms with Crippen molar-refractivity contribution in [2.24, 2.45) is 10.7 Å². The third-order valence-electron chi connectivity index (χ3n) is 6.81. The van der Waals surface area contributed by atoms with Crippen LogP contribution in [-0.4, -0.2) is 52.1 Å². The minimum absolute atomic E-state index is 0.0126. The summed E-state index contributed by atoms with van der Waals surface area (Å²) >= 11 is 6.18. The average Bonchev–Trinajstić information content (AvgIpc) is 2.79. The first kappa shape index (κ1) is 24.4. The number of aliphatic imine (C=N–C) groups is 1. The quantitative estimate of drug-likeness (QED) is 0.580. The maximum absolute atomic E-state index is 13.4. The molecule has 3 atom stereocenters. The molecule has 0 radical (unpaired) electrons. The van der Waals surface area contributed by atoms with Crippen molar-refractivity contribution >= 4 is 29.4 Å². The topological polar surface area (TPSA) is 126 Å². The van der Waals surface area contributed by atoms with Gasteiger partial charge in [0.2, 0.25) is 5.91 Å². The van der Waals surface area contributed by atoms with E-state index in [1.54, 1.807) is 43.3 Å². The summed E-state index contributed by atoms with van der Waals surface area (Å²) in [6, 6.07) is 9.02. The Hall–Kier alpha value is -3.30. The molecule has 3 aliphatic heterocycles. The maximum atomic E-state index is 13.4. The molecule has 0 fully saturated rings. The third-order valence-corrected chi connectivity index (χ3v) is 7.04. The highest BCUT2D eigenvalue weighted by molar-refractivity contribution is 6.30. The molecule has 0 bridgehead atoms. The second-order valence-electron chi connectivity index (χ2n) is 10.4. The number of carbonyl (C=O) groups excluding carboxylic acids is 2. The summed E-state index contributed by atoms with van der Waals surface area (Å²) in [5.74, 6) is 0.787. The van der Waals surface area contributed by atoms with E-state index in [1.165, 1.54) is 4.90 Å². The summed E-state index contributed by atoms with van der Waals surface area (Å²) in [5, 5.41) is 14.4. The molecule has 0 saturated carbocycles. The number of aliphatic hydroxyl groups is 1. The average molecular weight is 513 g/mol. The van der Waals surface area contributed by atoms with Gasteiger partial charge in [-0.25, -0.2) is 4.99 Å². The van der Waals surface area contributed by atoms with Gasteiger partial charge < -0.3 is 25.6 Å². The lowest BCUT2D eigenvalue weighted by atomic mass is 9.87. The molecule has 2 aromatic rings. The fraction of sp³-hybridized carbons (Fsp3) is 0.423. The number of hydrogen-bond acceptors (Lipinski definition) is 7. The summed E-state index contributed by atoms with van der Waals surface area (Å²) in [6.45, 7) is 5.76. The number of nitrogens with two attached hydrogens (primary N) is 1. The second kappa shape index (κ2) is 8.67. The molecule has 0 saturated heterocycles. The zero-order valence-corrected chi connectivity index (χ0v) is 21.1. The number of nitrogens with zero attached hydrogens (tertiary/aromatic N) is 2. The van der Waals surface area contributed by atoms with Crippen LogP contribution in [0, 0.1) is 0 Å². The Kier molecular flexibility index (Phi) is 5.88. The lowest BCUT2D eigenvalue weighted by Gasteiger charge is -2.40. The molecule has 190 valence electrons. The van der Waals surface area contributed by atoms with Crippen LogP contribution in [0.4, 0.5) is 0 Å². The number of amides is 2. The Morgan fingerprint density at radius 2 is 1.89 bits per heavy atom. The van der Waals surface area contributed by atoms with Gasteiger partial charge in [-0.1, -0.05) is 11.6 Å². The smallest absolute Gasteiger partial charge is 0.251 e. The number of guanidine groups is 1. The minimum Gasteiger partial charge on any atom is -0.493 e. The van der Waals surface area contributed by atoms with Crippen molar-refractivity contribution in [2.45, 2.75) is 56.8 Å². The normalized spacial score (nSPS) is 26.6. The van der Waals surface area contributed by atoms with E-state index in [1.807, 2.05) is 13.8 Å². The lowest BCUT2D eigenvalue weighted by Crippen LogP contribution is -2.52. The Balaban J connectivity index is 1.46. The monoisotopic (exact) mass is 512 g/mol. The summed E-state index contributed by atoms with van der Waals surface area (Å²) < 4.78 is 11.5. The first-order chi connectivity index (χ1) is 16.9. The van der Waals surface area contributed by atoms with Crippen molar-refractivity contribution in [1.29, 1.82) is 0 Å². The number of halogens is 1. The first-order valence-corrected chi connectivity index (χ1v) is 12.2. The van der Waals surface area contributed by atoms with Crippen LogP contribution in [0.5, 0.6) is 11.5 Å². The SMILES string of the molecule is CC1(C)CC(=O)N([C@@H]2CCOc3ccc(C(=O)N[C@@H]4c5cc(Cl)ccc5OC[C@@]4(C)O)cc32)C(N)=N1. The first-order valence-electron chi connectivity index (χ1n) is 11.8. The number of nitrogens with one attached hydrogen (secondary N) is 1. The number of carbonyl (C=O) groups is 2. The van der Waals surface area contributed by atoms with E-state index in [4.69, 9.17) is 26.8 Å². The summed E-state index contributed by atoms with van der Waals surface area (Å²) in [4.78, 5) is 32.4. The Labute approximate surface area is 214 Å². The van der Waals surface area contributed by atoms with Crippen molar-refractivity contribution in [1.82, 2.24) is 10.2 Å².